The summed E-state index contributed by atoms with van der Waals surface area (Å²) in [5.41, 5.74) is 4.22. The second-order valence-electron chi connectivity index (χ2n) is 7.75. The van der Waals surface area contributed by atoms with Crippen molar-refractivity contribution < 1.29 is 9.53 Å². The molecule has 2 atom stereocenters. The highest BCUT2D eigenvalue weighted by molar-refractivity contribution is 6.51. The van der Waals surface area contributed by atoms with Gasteiger partial charge in [-0.2, -0.15) is 0 Å². The Morgan fingerprint density at radius 2 is 1.53 bits per heavy atom. The second kappa shape index (κ2) is 8.60. The average molecular weight is 444 g/mol. The summed E-state index contributed by atoms with van der Waals surface area (Å²) in [5, 5.41) is 0.664. The summed E-state index contributed by atoms with van der Waals surface area (Å²) >= 11 is 6.14. The van der Waals surface area contributed by atoms with Gasteiger partial charge in [0.25, 0.3) is 5.91 Å². The van der Waals surface area contributed by atoms with Crippen molar-refractivity contribution in [2.24, 2.45) is 15.9 Å². The minimum absolute atomic E-state index is 0.0782. The summed E-state index contributed by atoms with van der Waals surface area (Å²) in [4.78, 5) is 25.2. The zero-order valence-corrected chi connectivity index (χ0v) is 18.4. The highest BCUT2D eigenvalue weighted by Gasteiger charge is 2.49. The van der Waals surface area contributed by atoms with E-state index < -0.39 is 0 Å². The maximum atomic E-state index is 13.7. The molecule has 0 radical (unpaired) electrons. The lowest BCUT2D eigenvalue weighted by atomic mass is 9.85. The zero-order valence-electron chi connectivity index (χ0n) is 17.6. The van der Waals surface area contributed by atoms with Crippen LogP contribution in [0.1, 0.15) is 17.2 Å². The maximum absolute atomic E-state index is 13.7. The number of aliphatic imine (C=N–C) groups is 2. The molecule has 0 aliphatic carbocycles. The van der Waals surface area contributed by atoms with Gasteiger partial charge in [0, 0.05) is 10.7 Å². The van der Waals surface area contributed by atoms with Gasteiger partial charge in [-0.15, -0.1) is 0 Å². The van der Waals surface area contributed by atoms with Crippen LogP contribution in [-0.2, 0) is 4.79 Å². The number of methoxy groups -OCH3 is 1. The minimum atomic E-state index is -0.292. The Labute approximate surface area is 192 Å². The standard InChI is InChI=1S/C26H22ClN3O2/c1-32-21-13-9-18(10-14-21)25-22-23(17-7-11-19(27)12-8-17)28-15-16-29-24(22)26(31)30(25)20-5-3-2-4-6-20/h2-14,22,25H,15-16H2,1H3/t22-,25+/m0/s1. The first-order valence-electron chi connectivity index (χ1n) is 10.5. The summed E-state index contributed by atoms with van der Waals surface area (Å²) < 4.78 is 5.35. The van der Waals surface area contributed by atoms with Crippen LogP contribution < -0.4 is 9.64 Å². The summed E-state index contributed by atoms with van der Waals surface area (Å²) in [5.74, 6) is 0.399. The van der Waals surface area contributed by atoms with Gasteiger partial charge in [-0.25, -0.2) is 0 Å². The number of hydrogen-bond donors (Lipinski definition) is 0. The third kappa shape index (κ3) is 3.59. The van der Waals surface area contributed by atoms with Crippen LogP contribution in [0.25, 0.3) is 0 Å². The molecule has 2 aliphatic rings. The van der Waals surface area contributed by atoms with Gasteiger partial charge in [-0.3, -0.25) is 19.7 Å². The van der Waals surface area contributed by atoms with Crippen LogP contribution in [0.3, 0.4) is 0 Å². The fourth-order valence-electron chi connectivity index (χ4n) is 4.47. The maximum Gasteiger partial charge on any atom is 0.273 e. The Balaban J connectivity index is 1.69. The first-order valence-corrected chi connectivity index (χ1v) is 10.9. The molecule has 1 fully saturated rings. The van der Waals surface area contributed by atoms with E-state index in [1.54, 1.807) is 7.11 Å². The molecule has 32 heavy (non-hydrogen) atoms. The molecule has 5 rings (SSSR count). The van der Waals surface area contributed by atoms with Gasteiger partial charge in [-0.05, 0) is 47.5 Å². The molecule has 0 aromatic heterocycles. The van der Waals surface area contributed by atoms with Crippen LogP contribution in [-0.4, -0.2) is 37.5 Å². The van der Waals surface area contributed by atoms with E-state index in [-0.39, 0.29) is 17.9 Å². The summed E-state index contributed by atoms with van der Waals surface area (Å²) in [7, 11) is 1.64. The number of para-hydroxylation sites is 1. The van der Waals surface area contributed by atoms with Gasteiger partial charge in [0.1, 0.15) is 11.5 Å². The average Bonchev–Trinajstić information content (AvgIpc) is 2.97. The third-order valence-electron chi connectivity index (χ3n) is 5.92. The van der Waals surface area contributed by atoms with Gasteiger partial charge >= 0.3 is 0 Å². The molecule has 0 unspecified atom stereocenters. The molecule has 5 nitrogen and oxygen atoms in total. The number of rotatable bonds is 4. The third-order valence-corrected chi connectivity index (χ3v) is 6.17. The van der Waals surface area contributed by atoms with Crippen molar-refractivity contribution in [3.05, 3.63) is 95.0 Å². The molecule has 3 aromatic carbocycles. The van der Waals surface area contributed by atoms with Crippen LogP contribution in [0.4, 0.5) is 5.69 Å². The molecule has 1 saturated heterocycles. The Bertz CT molecular complexity index is 1190. The van der Waals surface area contributed by atoms with Gasteiger partial charge in [0.2, 0.25) is 0 Å². The first-order chi connectivity index (χ1) is 15.7. The largest absolute Gasteiger partial charge is 0.497 e. The predicted molar refractivity (Wildman–Crippen MR) is 128 cm³/mol. The van der Waals surface area contributed by atoms with Crippen LogP contribution in [0.15, 0.2) is 88.8 Å². The molecular formula is C26H22ClN3O2. The summed E-state index contributed by atoms with van der Waals surface area (Å²) in [6.07, 6.45) is 0. The molecule has 2 heterocycles. The van der Waals surface area contributed by atoms with Crippen molar-refractivity contribution in [1.29, 1.82) is 0 Å². The highest BCUT2D eigenvalue weighted by atomic mass is 35.5. The second-order valence-corrected chi connectivity index (χ2v) is 8.18. The molecule has 0 saturated carbocycles. The molecule has 2 aliphatic heterocycles. The molecule has 6 heteroatoms. The van der Waals surface area contributed by atoms with Crippen LogP contribution >= 0.6 is 11.6 Å². The van der Waals surface area contributed by atoms with Crippen molar-refractivity contribution in [3.8, 4) is 5.75 Å². The van der Waals surface area contributed by atoms with Gasteiger partial charge < -0.3 is 4.74 Å². The van der Waals surface area contributed by atoms with Crippen molar-refractivity contribution in [2.75, 3.05) is 25.1 Å². The van der Waals surface area contributed by atoms with Crippen molar-refractivity contribution in [2.45, 2.75) is 6.04 Å². The molecule has 1 amide bonds. The lowest BCUT2D eigenvalue weighted by molar-refractivity contribution is -0.112. The molecule has 0 bridgehead atoms. The van der Waals surface area contributed by atoms with E-state index >= 15 is 0 Å². The Hall–Kier alpha value is -3.44. The van der Waals surface area contributed by atoms with E-state index in [0.29, 0.717) is 23.8 Å². The number of amides is 1. The predicted octanol–water partition coefficient (Wildman–Crippen LogP) is 5.00. The molecule has 0 N–H and O–H groups in total. The lowest BCUT2D eigenvalue weighted by Crippen LogP contribution is -2.31. The topological polar surface area (TPSA) is 54.3 Å². The van der Waals surface area contributed by atoms with Crippen LogP contribution in [0, 0.1) is 5.92 Å². The number of carbonyl (C=O) groups excluding carboxylic acids is 1. The normalized spacial score (nSPS) is 20.3. The van der Waals surface area contributed by atoms with E-state index in [0.717, 1.165) is 28.3 Å². The number of halogens is 1. The van der Waals surface area contributed by atoms with Gasteiger partial charge in [-0.1, -0.05) is 54.1 Å². The molecule has 160 valence electrons. The van der Waals surface area contributed by atoms with Crippen molar-refractivity contribution >= 4 is 34.6 Å². The van der Waals surface area contributed by atoms with Gasteiger partial charge in [0.15, 0.2) is 0 Å². The van der Waals surface area contributed by atoms with Gasteiger partial charge in [0.05, 0.1) is 37.9 Å². The van der Waals surface area contributed by atoms with E-state index in [1.165, 1.54) is 0 Å². The number of ether oxygens (including phenoxy) is 1. The van der Waals surface area contributed by atoms with Crippen LogP contribution in [0.5, 0.6) is 5.75 Å². The van der Waals surface area contributed by atoms with E-state index in [4.69, 9.17) is 26.3 Å². The molecule has 0 spiro atoms. The quantitative estimate of drug-likeness (QED) is 0.570. The fourth-order valence-corrected chi connectivity index (χ4v) is 4.59. The monoisotopic (exact) mass is 443 g/mol. The number of fused-ring (bicyclic) bond motifs is 1. The Morgan fingerprint density at radius 1 is 0.875 bits per heavy atom. The van der Waals surface area contributed by atoms with Crippen LogP contribution in [0.2, 0.25) is 5.02 Å². The Kier molecular flexibility index (Phi) is 5.50. The number of benzene rings is 3. The van der Waals surface area contributed by atoms with Crippen molar-refractivity contribution in [3.63, 3.8) is 0 Å². The zero-order chi connectivity index (χ0) is 22.1. The van der Waals surface area contributed by atoms with E-state index in [9.17, 15) is 4.79 Å². The first kappa shape index (κ1) is 20.5. The number of anilines is 1. The summed E-state index contributed by atoms with van der Waals surface area (Å²) in [6.45, 7) is 1.04. The fraction of sp³-hybridized carbons (Fsp3) is 0.192. The molecular weight excluding hydrogens is 422 g/mol. The SMILES string of the molecule is COc1ccc([C@@H]2[C@@H]3C(=NCCN=C3c3ccc(Cl)cc3)C(=O)N2c2ccccc2)cc1. The smallest absolute Gasteiger partial charge is 0.273 e. The van der Waals surface area contributed by atoms with E-state index in [1.807, 2.05) is 83.8 Å². The molecule has 3 aromatic rings. The lowest BCUT2D eigenvalue weighted by Gasteiger charge is -2.29. The number of carbonyl (C=O) groups is 1. The van der Waals surface area contributed by atoms with Crippen molar-refractivity contribution in [1.82, 2.24) is 0 Å². The minimum Gasteiger partial charge on any atom is -0.497 e. The van der Waals surface area contributed by atoms with E-state index in [2.05, 4.69) is 0 Å². The summed E-state index contributed by atoms with van der Waals surface area (Å²) in [6, 6.07) is 25.0. The Morgan fingerprint density at radius 3 is 2.19 bits per heavy atom. The number of nitrogens with zero attached hydrogens (tertiary/aromatic N) is 3. The number of hydrogen-bond acceptors (Lipinski definition) is 4. The highest BCUT2D eigenvalue weighted by Crippen LogP contribution is 2.43.